The van der Waals surface area contributed by atoms with E-state index in [1.807, 2.05) is 7.05 Å². The van der Waals surface area contributed by atoms with E-state index in [9.17, 15) is 0 Å². The zero-order valence-corrected chi connectivity index (χ0v) is 10.2. The van der Waals surface area contributed by atoms with Crippen molar-refractivity contribution in [3.8, 4) is 0 Å². The van der Waals surface area contributed by atoms with E-state index in [4.69, 9.17) is 0 Å². The van der Waals surface area contributed by atoms with Crippen LogP contribution >= 0.6 is 0 Å². The maximum atomic E-state index is 3.25. The molecule has 0 amide bonds. The highest BCUT2D eigenvalue weighted by Gasteiger charge is 2.24. The number of nitrogens with zero attached hydrogens (tertiary/aromatic N) is 1. The van der Waals surface area contributed by atoms with Crippen LogP contribution in [0.3, 0.4) is 0 Å². The van der Waals surface area contributed by atoms with Crippen molar-refractivity contribution in [2.75, 3.05) is 7.05 Å². The minimum atomic E-state index is 0.550. The summed E-state index contributed by atoms with van der Waals surface area (Å²) >= 11 is 0. The molecule has 1 saturated carbocycles. The Kier molecular flexibility index (Phi) is 3.99. The van der Waals surface area contributed by atoms with Gasteiger partial charge in [0, 0.05) is 19.3 Å². The SMILES string of the molecule is CNN(/C=C(\C)C1CC1)C(C)C(C)C. The number of hydrogen-bond donors (Lipinski definition) is 1. The molecule has 0 spiro atoms. The van der Waals surface area contributed by atoms with Crippen molar-refractivity contribution in [3.63, 3.8) is 0 Å². The number of allylic oxidation sites excluding steroid dienone is 1. The second-order valence-electron chi connectivity index (χ2n) is 4.76. The Morgan fingerprint density at radius 2 is 1.93 bits per heavy atom. The molecule has 1 fully saturated rings. The largest absolute Gasteiger partial charge is 0.313 e. The quantitative estimate of drug-likeness (QED) is 0.680. The van der Waals surface area contributed by atoms with E-state index >= 15 is 0 Å². The third-order valence-corrected chi connectivity index (χ3v) is 3.23. The molecule has 14 heavy (non-hydrogen) atoms. The van der Waals surface area contributed by atoms with Gasteiger partial charge in [-0.05, 0) is 38.5 Å². The maximum absolute atomic E-state index is 3.25. The minimum Gasteiger partial charge on any atom is -0.313 e. The van der Waals surface area contributed by atoms with Crippen LogP contribution < -0.4 is 5.43 Å². The van der Waals surface area contributed by atoms with Gasteiger partial charge in [0.1, 0.15) is 0 Å². The standard InChI is InChI=1S/C12H24N2/c1-9(2)11(4)14(13-5)8-10(3)12-6-7-12/h8-9,11-13H,6-7H2,1-5H3/b10-8+. The highest BCUT2D eigenvalue weighted by Crippen LogP contribution is 2.36. The van der Waals surface area contributed by atoms with Crippen LogP contribution in [0.1, 0.15) is 40.5 Å². The number of hydrazine groups is 1. The summed E-state index contributed by atoms with van der Waals surface area (Å²) in [5, 5.41) is 2.23. The molecule has 0 aliphatic heterocycles. The second kappa shape index (κ2) is 4.83. The van der Waals surface area contributed by atoms with Crippen LogP contribution in [0, 0.1) is 11.8 Å². The summed E-state index contributed by atoms with van der Waals surface area (Å²) in [6.45, 7) is 9.03. The van der Waals surface area contributed by atoms with Crippen molar-refractivity contribution in [1.82, 2.24) is 10.4 Å². The topological polar surface area (TPSA) is 15.3 Å². The van der Waals surface area contributed by atoms with Gasteiger partial charge in [-0.15, -0.1) is 0 Å². The number of rotatable bonds is 5. The molecule has 0 bridgehead atoms. The molecule has 0 radical (unpaired) electrons. The Hall–Kier alpha value is -0.500. The second-order valence-corrected chi connectivity index (χ2v) is 4.76. The molecule has 1 rings (SSSR count). The molecular formula is C12H24N2. The molecule has 0 heterocycles. The number of nitrogens with one attached hydrogen (secondary N) is 1. The van der Waals surface area contributed by atoms with Gasteiger partial charge in [0.25, 0.3) is 0 Å². The molecule has 82 valence electrons. The van der Waals surface area contributed by atoms with Crippen LogP contribution in [-0.2, 0) is 0 Å². The average molecular weight is 196 g/mol. The summed E-state index contributed by atoms with van der Waals surface area (Å²) in [4.78, 5) is 0. The Balaban J connectivity index is 2.56. The van der Waals surface area contributed by atoms with E-state index in [1.165, 1.54) is 18.4 Å². The normalized spacial score (nSPS) is 20.0. The Bertz CT molecular complexity index is 204. The predicted molar refractivity (Wildman–Crippen MR) is 61.7 cm³/mol. The smallest absolute Gasteiger partial charge is 0.0442 e. The monoisotopic (exact) mass is 196 g/mol. The van der Waals surface area contributed by atoms with Crippen LogP contribution in [0.15, 0.2) is 11.8 Å². The van der Waals surface area contributed by atoms with E-state index in [1.54, 1.807) is 0 Å². The molecule has 2 nitrogen and oxygen atoms in total. The fourth-order valence-electron chi connectivity index (χ4n) is 1.57. The van der Waals surface area contributed by atoms with E-state index in [0.29, 0.717) is 12.0 Å². The molecule has 0 aromatic rings. The van der Waals surface area contributed by atoms with Gasteiger partial charge in [0.05, 0.1) is 0 Å². The highest BCUT2D eigenvalue weighted by molar-refractivity contribution is 5.09. The lowest BCUT2D eigenvalue weighted by atomic mass is 10.1. The first kappa shape index (κ1) is 11.6. The highest BCUT2D eigenvalue weighted by atomic mass is 15.5. The first-order valence-electron chi connectivity index (χ1n) is 5.70. The Morgan fingerprint density at radius 3 is 2.29 bits per heavy atom. The molecule has 0 saturated heterocycles. The fraction of sp³-hybridized carbons (Fsp3) is 0.833. The zero-order chi connectivity index (χ0) is 10.7. The van der Waals surface area contributed by atoms with Gasteiger partial charge < -0.3 is 5.01 Å². The van der Waals surface area contributed by atoms with E-state index in [-0.39, 0.29) is 0 Å². The van der Waals surface area contributed by atoms with Crippen molar-refractivity contribution in [2.24, 2.45) is 11.8 Å². The van der Waals surface area contributed by atoms with Crippen molar-refractivity contribution >= 4 is 0 Å². The van der Waals surface area contributed by atoms with E-state index < -0.39 is 0 Å². The third kappa shape index (κ3) is 3.02. The molecule has 1 aliphatic rings. The van der Waals surface area contributed by atoms with Crippen molar-refractivity contribution < 1.29 is 0 Å². The van der Waals surface area contributed by atoms with Crippen LogP contribution in [0.5, 0.6) is 0 Å². The van der Waals surface area contributed by atoms with Gasteiger partial charge in [-0.2, -0.15) is 0 Å². The summed E-state index contributed by atoms with van der Waals surface area (Å²) in [6.07, 6.45) is 5.05. The van der Waals surface area contributed by atoms with Crippen LogP contribution in [0.4, 0.5) is 0 Å². The summed E-state index contributed by atoms with van der Waals surface area (Å²) in [5.74, 6) is 1.54. The average Bonchev–Trinajstić information content (AvgIpc) is 2.95. The molecule has 0 aromatic heterocycles. The van der Waals surface area contributed by atoms with Crippen LogP contribution in [0.2, 0.25) is 0 Å². The van der Waals surface area contributed by atoms with Gasteiger partial charge >= 0.3 is 0 Å². The third-order valence-electron chi connectivity index (χ3n) is 3.23. The molecule has 2 heteroatoms. The maximum Gasteiger partial charge on any atom is 0.0442 e. The number of hydrogen-bond acceptors (Lipinski definition) is 2. The van der Waals surface area contributed by atoms with Gasteiger partial charge in [-0.25, -0.2) is 5.43 Å². The van der Waals surface area contributed by atoms with Gasteiger partial charge in [0.2, 0.25) is 0 Å². The van der Waals surface area contributed by atoms with Gasteiger partial charge in [-0.3, -0.25) is 0 Å². The van der Waals surface area contributed by atoms with E-state index in [0.717, 1.165) is 5.92 Å². The molecular weight excluding hydrogens is 172 g/mol. The van der Waals surface area contributed by atoms with Crippen molar-refractivity contribution in [3.05, 3.63) is 11.8 Å². The molecule has 1 aliphatic carbocycles. The van der Waals surface area contributed by atoms with Crippen molar-refractivity contribution in [1.29, 1.82) is 0 Å². The van der Waals surface area contributed by atoms with E-state index in [2.05, 4.69) is 44.3 Å². The summed E-state index contributed by atoms with van der Waals surface area (Å²) < 4.78 is 0. The lowest BCUT2D eigenvalue weighted by molar-refractivity contribution is 0.182. The van der Waals surface area contributed by atoms with Gasteiger partial charge in [-0.1, -0.05) is 19.4 Å². The van der Waals surface area contributed by atoms with Crippen LogP contribution in [0.25, 0.3) is 0 Å². The molecule has 1 N–H and O–H groups in total. The zero-order valence-electron chi connectivity index (χ0n) is 10.2. The van der Waals surface area contributed by atoms with Crippen LogP contribution in [-0.4, -0.2) is 18.1 Å². The summed E-state index contributed by atoms with van der Waals surface area (Å²) in [6, 6.07) is 0.550. The molecule has 0 aromatic carbocycles. The summed E-state index contributed by atoms with van der Waals surface area (Å²) in [5.41, 5.74) is 4.77. The first-order chi connectivity index (χ1) is 6.56. The Morgan fingerprint density at radius 1 is 1.36 bits per heavy atom. The summed E-state index contributed by atoms with van der Waals surface area (Å²) in [7, 11) is 2.00. The molecule has 1 atom stereocenters. The van der Waals surface area contributed by atoms with Crippen molar-refractivity contribution in [2.45, 2.75) is 46.6 Å². The lowest BCUT2D eigenvalue weighted by Gasteiger charge is -2.30. The Labute approximate surface area is 88.3 Å². The first-order valence-corrected chi connectivity index (χ1v) is 5.70. The minimum absolute atomic E-state index is 0.550. The van der Waals surface area contributed by atoms with Gasteiger partial charge in [0.15, 0.2) is 0 Å². The molecule has 1 unspecified atom stereocenters. The fourth-order valence-corrected chi connectivity index (χ4v) is 1.57. The lowest BCUT2D eigenvalue weighted by Crippen LogP contribution is -2.40. The predicted octanol–water partition coefficient (Wildman–Crippen LogP) is 2.78.